The van der Waals surface area contributed by atoms with Gasteiger partial charge in [0.2, 0.25) is 0 Å². The molecule has 3 nitrogen and oxygen atoms in total. The minimum absolute atomic E-state index is 0.0750. The normalized spacial score (nSPS) is 16.9. The summed E-state index contributed by atoms with van der Waals surface area (Å²) in [6.45, 7) is 3.23. The molecule has 0 bridgehead atoms. The van der Waals surface area contributed by atoms with Crippen LogP contribution in [0, 0.1) is 0 Å². The molecule has 108 valence electrons. The number of hydrogen-bond acceptors (Lipinski definition) is 3. The van der Waals surface area contributed by atoms with Crippen LogP contribution < -0.4 is 0 Å². The molecule has 1 rings (SSSR count). The molecule has 1 aromatic carbocycles. The van der Waals surface area contributed by atoms with Gasteiger partial charge in [0.15, 0.2) is 13.5 Å². The second-order valence-corrected chi connectivity index (χ2v) is 9.43. The Balaban J connectivity index is 3.34. The molecular formula is C12H15BrCl2O3S. The number of alkyl halides is 1. The summed E-state index contributed by atoms with van der Waals surface area (Å²) in [5.74, 6) is -0.0750. The van der Waals surface area contributed by atoms with Gasteiger partial charge in [-0.3, -0.25) is 0 Å². The van der Waals surface area contributed by atoms with Crippen molar-refractivity contribution in [3.05, 3.63) is 33.8 Å². The van der Waals surface area contributed by atoms with Crippen molar-refractivity contribution in [1.82, 2.24) is 0 Å². The first-order chi connectivity index (χ1) is 8.69. The minimum atomic E-state index is -3.51. The third-order valence-corrected chi connectivity index (χ3v) is 8.39. The van der Waals surface area contributed by atoms with Crippen LogP contribution in [0.15, 0.2) is 18.2 Å². The van der Waals surface area contributed by atoms with Gasteiger partial charge in [-0.15, -0.1) is 0 Å². The average molecular weight is 390 g/mol. The second kappa shape index (κ2) is 6.31. The Morgan fingerprint density at radius 3 is 2.37 bits per heavy atom. The SMILES string of the molecule is CCC(Br)(C(O)c1ccc(Cl)cc1Cl)S(=O)(=O)CC. The number of halogens is 3. The maximum atomic E-state index is 12.2. The highest BCUT2D eigenvalue weighted by Gasteiger charge is 2.46. The molecule has 0 aliphatic carbocycles. The highest BCUT2D eigenvalue weighted by molar-refractivity contribution is 9.11. The molecule has 0 saturated heterocycles. The van der Waals surface area contributed by atoms with E-state index in [9.17, 15) is 13.5 Å². The van der Waals surface area contributed by atoms with E-state index >= 15 is 0 Å². The Labute approximate surface area is 132 Å². The van der Waals surface area contributed by atoms with E-state index in [1.165, 1.54) is 19.1 Å². The van der Waals surface area contributed by atoms with Crippen molar-refractivity contribution < 1.29 is 13.5 Å². The molecule has 0 aliphatic rings. The van der Waals surface area contributed by atoms with E-state index < -0.39 is 19.6 Å². The molecule has 0 aromatic heterocycles. The number of aliphatic hydroxyl groups is 1. The van der Waals surface area contributed by atoms with Gasteiger partial charge in [0.05, 0.1) is 0 Å². The van der Waals surface area contributed by atoms with Gasteiger partial charge >= 0.3 is 0 Å². The van der Waals surface area contributed by atoms with Crippen LogP contribution in [-0.2, 0) is 9.84 Å². The largest absolute Gasteiger partial charge is 0.386 e. The monoisotopic (exact) mass is 388 g/mol. The first kappa shape index (κ1) is 17.2. The minimum Gasteiger partial charge on any atom is -0.386 e. The van der Waals surface area contributed by atoms with E-state index in [-0.39, 0.29) is 17.2 Å². The Hall–Kier alpha value is 0.190. The zero-order chi connectivity index (χ0) is 14.8. The van der Waals surface area contributed by atoms with Crippen LogP contribution in [0.2, 0.25) is 10.0 Å². The molecule has 0 heterocycles. The third kappa shape index (κ3) is 3.27. The van der Waals surface area contributed by atoms with Crippen molar-refractivity contribution in [2.45, 2.75) is 30.0 Å². The first-order valence-electron chi connectivity index (χ1n) is 5.73. The summed E-state index contributed by atoms with van der Waals surface area (Å²) in [4.78, 5) is 0. The number of hydrogen-bond donors (Lipinski definition) is 1. The van der Waals surface area contributed by atoms with Crippen LogP contribution in [0.5, 0.6) is 0 Å². The highest BCUT2D eigenvalue weighted by Crippen LogP contribution is 2.44. The lowest BCUT2D eigenvalue weighted by atomic mass is 10.0. The smallest absolute Gasteiger partial charge is 0.168 e. The van der Waals surface area contributed by atoms with Crippen molar-refractivity contribution in [3.8, 4) is 0 Å². The summed E-state index contributed by atoms with van der Waals surface area (Å²) < 4.78 is 22.9. The van der Waals surface area contributed by atoms with Crippen LogP contribution in [-0.4, -0.2) is 22.9 Å². The Morgan fingerprint density at radius 1 is 1.37 bits per heavy atom. The summed E-state index contributed by atoms with van der Waals surface area (Å²) in [7, 11) is -3.51. The summed E-state index contributed by atoms with van der Waals surface area (Å²) >= 11 is 15.0. The molecule has 2 unspecified atom stereocenters. The summed E-state index contributed by atoms with van der Waals surface area (Å²) in [5.41, 5.74) is 0.335. The molecule has 0 fully saturated rings. The summed E-state index contributed by atoms with van der Waals surface area (Å²) in [6, 6.07) is 4.57. The van der Waals surface area contributed by atoms with Crippen LogP contribution >= 0.6 is 39.1 Å². The maximum absolute atomic E-state index is 12.2. The molecule has 7 heteroatoms. The fraction of sp³-hybridized carbons (Fsp3) is 0.500. The van der Waals surface area contributed by atoms with E-state index in [0.29, 0.717) is 10.6 Å². The third-order valence-electron chi connectivity index (χ3n) is 3.04. The lowest BCUT2D eigenvalue weighted by molar-refractivity contribution is 0.160. The average Bonchev–Trinajstić information content (AvgIpc) is 2.36. The van der Waals surface area contributed by atoms with E-state index in [2.05, 4.69) is 15.9 Å². The summed E-state index contributed by atoms with van der Waals surface area (Å²) in [5, 5.41) is 11.1. The van der Waals surface area contributed by atoms with E-state index in [4.69, 9.17) is 23.2 Å². The van der Waals surface area contributed by atoms with E-state index in [1.807, 2.05) is 0 Å². The van der Waals surface area contributed by atoms with Gasteiger partial charge in [-0.1, -0.05) is 59.0 Å². The first-order valence-corrected chi connectivity index (χ1v) is 8.94. The Kier molecular flexibility index (Phi) is 5.72. The van der Waals surface area contributed by atoms with Crippen LogP contribution in [0.25, 0.3) is 0 Å². The van der Waals surface area contributed by atoms with Gasteiger partial charge in [-0.05, 0) is 18.6 Å². The summed E-state index contributed by atoms with van der Waals surface area (Å²) in [6.07, 6.45) is -1.06. The molecule has 0 radical (unpaired) electrons. The van der Waals surface area contributed by atoms with Crippen LogP contribution in [0.3, 0.4) is 0 Å². The van der Waals surface area contributed by atoms with Gasteiger partial charge in [0.25, 0.3) is 0 Å². The molecule has 2 atom stereocenters. The lowest BCUT2D eigenvalue weighted by Gasteiger charge is -2.31. The number of sulfone groups is 1. The lowest BCUT2D eigenvalue weighted by Crippen LogP contribution is -2.39. The standard InChI is InChI=1S/C12H15BrCl2O3S/c1-3-12(13,19(17,18)4-2)11(16)9-6-5-8(14)7-10(9)15/h5-7,11,16H,3-4H2,1-2H3. The van der Waals surface area contributed by atoms with E-state index in [0.717, 1.165) is 0 Å². The molecule has 0 spiro atoms. The van der Waals surface area contributed by atoms with Gasteiger partial charge in [0, 0.05) is 21.4 Å². The molecule has 1 aromatic rings. The molecule has 0 amide bonds. The zero-order valence-corrected chi connectivity index (χ0v) is 14.4. The maximum Gasteiger partial charge on any atom is 0.168 e. The van der Waals surface area contributed by atoms with Crippen molar-refractivity contribution >= 4 is 49.0 Å². The van der Waals surface area contributed by atoms with Gasteiger partial charge in [-0.25, -0.2) is 8.42 Å². The number of benzene rings is 1. The van der Waals surface area contributed by atoms with Gasteiger partial charge < -0.3 is 5.11 Å². The molecule has 0 aliphatic heterocycles. The predicted octanol–water partition coefficient (Wildman–Crippen LogP) is 3.96. The number of aliphatic hydroxyl groups excluding tert-OH is 1. The van der Waals surface area contributed by atoms with Crippen molar-refractivity contribution in [1.29, 1.82) is 0 Å². The van der Waals surface area contributed by atoms with Crippen molar-refractivity contribution in [2.75, 3.05) is 5.75 Å². The van der Waals surface area contributed by atoms with Crippen molar-refractivity contribution in [3.63, 3.8) is 0 Å². The van der Waals surface area contributed by atoms with E-state index in [1.54, 1.807) is 13.0 Å². The zero-order valence-electron chi connectivity index (χ0n) is 10.5. The van der Waals surface area contributed by atoms with Gasteiger partial charge in [-0.2, -0.15) is 0 Å². The fourth-order valence-electron chi connectivity index (χ4n) is 1.78. The molecule has 1 N–H and O–H groups in total. The fourth-order valence-corrected chi connectivity index (χ4v) is 4.61. The Morgan fingerprint density at radius 2 is 1.95 bits per heavy atom. The van der Waals surface area contributed by atoms with Crippen molar-refractivity contribution in [2.24, 2.45) is 0 Å². The molecular weight excluding hydrogens is 375 g/mol. The number of rotatable bonds is 5. The van der Waals surface area contributed by atoms with Crippen LogP contribution in [0.4, 0.5) is 0 Å². The topological polar surface area (TPSA) is 54.4 Å². The molecule has 0 saturated carbocycles. The van der Waals surface area contributed by atoms with Crippen LogP contribution in [0.1, 0.15) is 31.9 Å². The van der Waals surface area contributed by atoms with Gasteiger partial charge in [0.1, 0.15) is 6.10 Å². The quantitative estimate of drug-likeness (QED) is 0.775. The highest BCUT2D eigenvalue weighted by atomic mass is 79.9. The molecule has 19 heavy (non-hydrogen) atoms. The second-order valence-electron chi connectivity index (χ2n) is 4.11. The Bertz CT molecular complexity index is 562. The predicted molar refractivity (Wildman–Crippen MR) is 82.8 cm³/mol.